The summed E-state index contributed by atoms with van der Waals surface area (Å²) in [4.78, 5) is 24.6. The van der Waals surface area contributed by atoms with Crippen molar-refractivity contribution in [1.82, 2.24) is 9.78 Å². The molecule has 1 heterocycles. The van der Waals surface area contributed by atoms with E-state index >= 15 is 0 Å². The van der Waals surface area contributed by atoms with Crippen LogP contribution in [-0.2, 0) is 17.8 Å². The normalized spacial score (nSPS) is 10.8. The Morgan fingerprint density at radius 2 is 1.69 bits per heavy atom. The molecule has 29 heavy (non-hydrogen) atoms. The summed E-state index contributed by atoms with van der Waals surface area (Å²) >= 11 is 0. The van der Waals surface area contributed by atoms with Crippen LogP contribution in [0.5, 0.6) is 0 Å². The second kappa shape index (κ2) is 8.10. The van der Waals surface area contributed by atoms with Crippen LogP contribution < -0.4 is 10.9 Å². The van der Waals surface area contributed by atoms with E-state index in [1.165, 1.54) is 16.3 Å². The molecule has 1 N–H and O–H groups in total. The molecule has 0 spiro atoms. The van der Waals surface area contributed by atoms with Gasteiger partial charge in [0.2, 0.25) is 5.91 Å². The first-order valence-corrected chi connectivity index (χ1v) is 9.58. The van der Waals surface area contributed by atoms with Gasteiger partial charge in [-0.25, -0.2) is 4.68 Å². The molecular formula is C24H21N3O2. The number of aromatic nitrogens is 2. The topological polar surface area (TPSA) is 64.0 Å². The maximum absolute atomic E-state index is 12.4. The molecular weight excluding hydrogens is 362 g/mol. The van der Waals surface area contributed by atoms with Gasteiger partial charge in [-0.2, -0.15) is 5.10 Å². The lowest BCUT2D eigenvalue weighted by Crippen LogP contribution is -2.29. The van der Waals surface area contributed by atoms with Gasteiger partial charge < -0.3 is 5.32 Å². The van der Waals surface area contributed by atoms with Crippen LogP contribution >= 0.6 is 0 Å². The van der Waals surface area contributed by atoms with Crippen LogP contribution in [0.4, 0.5) is 5.69 Å². The predicted molar refractivity (Wildman–Crippen MR) is 116 cm³/mol. The molecule has 0 atom stereocenters. The molecule has 0 radical (unpaired) electrons. The van der Waals surface area contributed by atoms with Gasteiger partial charge in [-0.05, 0) is 47.0 Å². The van der Waals surface area contributed by atoms with Gasteiger partial charge in [-0.15, -0.1) is 0 Å². The van der Waals surface area contributed by atoms with Gasteiger partial charge in [0.25, 0.3) is 5.56 Å². The highest BCUT2D eigenvalue weighted by molar-refractivity contribution is 5.90. The molecule has 0 saturated carbocycles. The Hall–Kier alpha value is -3.73. The Bertz CT molecular complexity index is 1230. The Morgan fingerprint density at radius 1 is 0.931 bits per heavy atom. The van der Waals surface area contributed by atoms with Crippen molar-refractivity contribution in [1.29, 1.82) is 0 Å². The van der Waals surface area contributed by atoms with Crippen LogP contribution in [0.25, 0.3) is 22.0 Å². The molecule has 144 valence electrons. The molecule has 1 amide bonds. The lowest BCUT2D eigenvalue weighted by Gasteiger charge is -2.09. The summed E-state index contributed by atoms with van der Waals surface area (Å²) in [6.45, 7) is 1.93. The number of anilines is 1. The quantitative estimate of drug-likeness (QED) is 0.560. The van der Waals surface area contributed by atoms with Gasteiger partial charge in [0.05, 0.1) is 5.69 Å². The number of carbonyl (C=O) groups is 1. The summed E-state index contributed by atoms with van der Waals surface area (Å²) in [5.41, 5.74) is 3.13. The van der Waals surface area contributed by atoms with Crippen LogP contribution in [0, 0.1) is 0 Å². The Morgan fingerprint density at radius 3 is 2.45 bits per heavy atom. The van der Waals surface area contributed by atoms with Crippen LogP contribution in [0.1, 0.15) is 12.5 Å². The number of nitrogens with one attached hydrogen (secondary N) is 1. The van der Waals surface area contributed by atoms with Gasteiger partial charge in [0, 0.05) is 17.3 Å². The Kier molecular flexibility index (Phi) is 5.20. The van der Waals surface area contributed by atoms with E-state index in [4.69, 9.17) is 0 Å². The Labute approximate surface area is 168 Å². The summed E-state index contributed by atoms with van der Waals surface area (Å²) < 4.78 is 1.19. The van der Waals surface area contributed by atoms with Gasteiger partial charge in [0.1, 0.15) is 6.54 Å². The molecule has 0 bridgehead atoms. The third-order valence-corrected chi connectivity index (χ3v) is 4.85. The van der Waals surface area contributed by atoms with Gasteiger partial charge in [-0.3, -0.25) is 9.59 Å². The molecule has 0 aliphatic heterocycles. The fourth-order valence-corrected chi connectivity index (χ4v) is 3.23. The highest BCUT2D eigenvalue weighted by Gasteiger charge is 2.09. The fourth-order valence-electron chi connectivity index (χ4n) is 3.23. The van der Waals surface area contributed by atoms with E-state index in [1.54, 1.807) is 6.07 Å². The molecule has 0 aliphatic rings. The van der Waals surface area contributed by atoms with E-state index in [2.05, 4.69) is 17.3 Å². The number of carbonyl (C=O) groups excluding carboxylic acids is 1. The maximum atomic E-state index is 12.4. The summed E-state index contributed by atoms with van der Waals surface area (Å²) in [6.07, 6.45) is 0.940. The van der Waals surface area contributed by atoms with Crippen molar-refractivity contribution in [3.63, 3.8) is 0 Å². The zero-order chi connectivity index (χ0) is 20.2. The average molecular weight is 383 g/mol. The molecule has 0 saturated heterocycles. The molecule has 4 rings (SSSR count). The number of fused-ring (bicyclic) bond motifs is 1. The SMILES string of the molecule is CCc1ccc(NC(=O)Cn2nc(-c3ccc4ccccc4c3)ccc2=O)cc1. The van der Waals surface area contributed by atoms with Crippen LogP contribution in [-0.4, -0.2) is 15.7 Å². The number of rotatable bonds is 5. The smallest absolute Gasteiger partial charge is 0.267 e. The maximum Gasteiger partial charge on any atom is 0.267 e. The second-order valence-corrected chi connectivity index (χ2v) is 6.88. The first-order chi connectivity index (χ1) is 14.1. The fraction of sp³-hybridized carbons (Fsp3) is 0.125. The van der Waals surface area contributed by atoms with E-state index in [9.17, 15) is 9.59 Å². The number of aryl methyl sites for hydroxylation is 1. The van der Waals surface area contributed by atoms with Gasteiger partial charge in [0.15, 0.2) is 0 Å². The lowest BCUT2D eigenvalue weighted by atomic mass is 10.1. The van der Waals surface area contributed by atoms with Gasteiger partial charge >= 0.3 is 0 Å². The molecule has 4 aromatic rings. The largest absolute Gasteiger partial charge is 0.324 e. The average Bonchev–Trinajstić information content (AvgIpc) is 2.75. The number of amides is 1. The van der Waals surface area contributed by atoms with Gasteiger partial charge in [-0.1, -0.05) is 55.5 Å². The zero-order valence-corrected chi connectivity index (χ0v) is 16.1. The van der Waals surface area contributed by atoms with Crippen molar-refractivity contribution in [2.75, 3.05) is 5.32 Å². The van der Waals surface area contributed by atoms with Crippen molar-refractivity contribution >= 4 is 22.4 Å². The summed E-state index contributed by atoms with van der Waals surface area (Å²) in [5, 5.41) is 9.45. The molecule has 1 aromatic heterocycles. The monoisotopic (exact) mass is 383 g/mol. The first kappa shape index (κ1) is 18.6. The van der Waals surface area contributed by atoms with Crippen molar-refractivity contribution in [3.05, 3.63) is 94.8 Å². The third kappa shape index (κ3) is 4.24. The van der Waals surface area contributed by atoms with Crippen molar-refractivity contribution in [2.24, 2.45) is 0 Å². The van der Waals surface area contributed by atoms with Crippen molar-refractivity contribution < 1.29 is 4.79 Å². The van der Waals surface area contributed by atoms with Crippen molar-refractivity contribution in [2.45, 2.75) is 19.9 Å². The van der Waals surface area contributed by atoms with E-state index in [0.29, 0.717) is 11.4 Å². The molecule has 0 aliphatic carbocycles. The Balaban J connectivity index is 1.55. The highest BCUT2D eigenvalue weighted by atomic mass is 16.2. The molecule has 0 fully saturated rings. The minimum Gasteiger partial charge on any atom is -0.324 e. The molecule has 3 aromatic carbocycles. The van der Waals surface area contributed by atoms with E-state index in [0.717, 1.165) is 22.8 Å². The second-order valence-electron chi connectivity index (χ2n) is 6.88. The number of benzene rings is 3. The van der Waals surface area contributed by atoms with Crippen LogP contribution in [0.15, 0.2) is 83.7 Å². The summed E-state index contributed by atoms with van der Waals surface area (Å²) in [7, 11) is 0. The lowest BCUT2D eigenvalue weighted by molar-refractivity contribution is -0.117. The molecule has 5 nitrogen and oxygen atoms in total. The van der Waals surface area contributed by atoms with Crippen molar-refractivity contribution in [3.8, 4) is 11.3 Å². The van der Waals surface area contributed by atoms with E-state index in [-0.39, 0.29) is 18.0 Å². The van der Waals surface area contributed by atoms with Crippen LogP contribution in [0.3, 0.4) is 0 Å². The van der Waals surface area contributed by atoms with Crippen LogP contribution in [0.2, 0.25) is 0 Å². The van der Waals surface area contributed by atoms with E-state index < -0.39 is 0 Å². The molecule has 0 unspecified atom stereocenters. The molecule has 5 heteroatoms. The number of hydrogen-bond donors (Lipinski definition) is 1. The number of hydrogen-bond acceptors (Lipinski definition) is 3. The summed E-state index contributed by atoms with van der Waals surface area (Å²) in [5.74, 6) is -0.292. The number of nitrogens with zero attached hydrogens (tertiary/aromatic N) is 2. The zero-order valence-electron chi connectivity index (χ0n) is 16.1. The predicted octanol–water partition coefficient (Wildman–Crippen LogP) is 4.26. The third-order valence-electron chi connectivity index (χ3n) is 4.85. The first-order valence-electron chi connectivity index (χ1n) is 9.58. The minimum absolute atomic E-state index is 0.143. The summed E-state index contributed by atoms with van der Waals surface area (Å²) in [6, 6.07) is 24.9. The highest BCUT2D eigenvalue weighted by Crippen LogP contribution is 2.22. The standard InChI is InChI=1S/C24H21N3O2/c1-2-17-7-11-21(12-8-17)25-23(28)16-27-24(29)14-13-22(26-27)20-10-9-18-5-3-4-6-19(18)15-20/h3-15H,2,16H2,1H3,(H,25,28). The minimum atomic E-state index is -0.314. The van der Waals surface area contributed by atoms with E-state index in [1.807, 2.05) is 66.7 Å².